The summed E-state index contributed by atoms with van der Waals surface area (Å²) in [5.41, 5.74) is 1.85. The Kier molecular flexibility index (Phi) is 7.14. The highest BCUT2D eigenvalue weighted by Crippen LogP contribution is 2.34. The van der Waals surface area contributed by atoms with Gasteiger partial charge in [-0.1, -0.05) is 48.2 Å². The summed E-state index contributed by atoms with van der Waals surface area (Å²) in [4.78, 5) is 18.9. The lowest BCUT2D eigenvalue weighted by atomic mass is 10.1. The number of aliphatic imine (C=N–C) groups is 1. The molecule has 2 aromatic carbocycles. The average molecular weight is 491 g/mol. The molecule has 2 aliphatic rings. The maximum Gasteiger partial charge on any atom is 0.316 e. The van der Waals surface area contributed by atoms with Crippen molar-refractivity contribution in [1.29, 1.82) is 0 Å². The summed E-state index contributed by atoms with van der Waals surface area (Å²) in [5, 5.41) is 0.659. The third-order valence-corrected chi connectivity index (χ3v) is 8.26. The molecule has 10 heteroatoms. The molecule has 0 aliphatic carbocycles. The summed E-state index contributed by atoms with van der Waals surface area (Å²) in [6.45, 7) is 0.660. The summed E-state index contributed by atoms with van der Waals surface area (Å²) >= 11 is 1.28. The summed E-state index contributed by atoms with van der Waals surface area (Å²) < 4.78 is 40.5. The van der Waals surface area contributed by atoms with Crippen LogP contribution in [-0.2, 0) is 32.5 Å². The van der Waals surface area contributed by atoms with E-state index in [0.29, 0.717) is 23.2 Å². The molecule has 0 aromatic heterocycles. The van der Waals surface area contributed by atoms with Gasteiger partial charge < -0.3 is 19.1 Å². The maximum atomic E-state index is 12.3. The lowest BCUT2D eigenvalue weighted by Crippen LogP contribution is -2.38. The zero-order valence-electron chi connectivity index (χ0n) is 18.5. The number of carbonyl (C=O) groups excluding carboxylic acids is 1. The average Bonchev–Trinajstić information content (AvgIpc) is 3.28. The molecule has 2 heterocycles. The van der Waals surface area contributed by atoms with Crippen LogP contribution < -0.4 is 9.47 Å². The largest absolute Gasteiger partial charge is 0.493 e. The molecule has 0 N–H and O–H groups in total. The van der Waals surface area contributed by atoms with Gasteiger partial charge >= 0.3 is 5.97 Å². The van der Waals surface area contributed by atoms with Crippen molar-refractivity contribution in [2.24, 2.45) is 4.99 Å². The minimum atomic E-state index is -3.14. The summed E-state index contributed by atoms with van der Waals surface area (Å²) in [6, 6.07) is 14.5. The molecule has 0 spiro atoms. The minimum Gasteiger partial charge on any atom is -0.493 e. The second-order valence-corrected chi connectivity index (χ2v) is 11.0. The van der Waals surface area contributed by atoms with E-state index >= 15 is 0 Å². The van der Waals surface area contributed by atoms with Gasteiger partial charge in [-0.25, -0.2) is 8.42 Å². The van der Waals surface area contributed by atoms with Crippen molar-refractivity contribution in [3.8, 4) is 11.5 Å². The number of ether oxygens (including phenoxy) is 3. The van der Waals surface area contributed by atoms with Crippen molar-refractivity contribution >= 4 is 32.7 Å². The summed E-state index contributed by atoms with van der Waals surface area (Å²) in [6.07, 6.45) is 0. The van der Waals surface area contributed by atoms with E-state index in [4.69, 9.17) is 14.2 Å². The number of sulfone groups is 1. The Morgan fingerprint density at radius 3 is 2.55 bits per heavy atom. The smallest absolute Gasteiger partial charge is 0.316 e. The van der Waals surface area contributed by atoms with Gasteiger partial charge in [0.25, 0.3) is 0 Å². The molecule has 1 fully saturated rings. The molecule has 2 atom stereocenters. The zero-order valence-corrected chi connectivity index (χ0v) is 20.1. The second kappa shape index (κ2) is 10.0. The molecule has 2 aliphatic heterocycles. The van der Waals surface area contributed by atoms with Crippen molar-refractivity contribution in [2.75, 3.05) is 31.5 Å². The van der Waals surface area contributed by atoms with Gasteiger partial charge in [-0.05, 0) is 23.3 Å². The van der Waals surface area contributed by atoms with E-state index < -0.39 is 9.84 Å². The van der Waals surface area contributed by atoms with Gasteiger partial charge in [-0.15, -0.1) is 0 Å². The van der Waals surface area contributed by atoms with Crippen LogP contribution in [0, 0.1) is 0 Å². The predicted molar refractivity (Wildman–Crippen MR) is 127 cm³/mol. The van der Waals surface area contributed by atoms with E-state index in [0.717, 1.165) is 11.1 Å². The molecule has 0 amide bonds. The third kappa shape index (κ3) is 5.62. The first-order valence-corrected chi connectivity index (χ1v) is 13.3. The fraction of sp³-hybridized carbons (Fsp3) is 0.391. The van der Waals surface area contributed by atoms with Gasteiger partial charge in [0.1, 0.15) is 6.61 Å². The third-order valence-electron chi connectivity index (χ3n) is 5.58. The Hall–Kier alpha value is -2.72. The van der Waals surface area contributed by atoms with Crippen molar-refractivity contribution in [2.45, 2.75) is 25.2 Å². The van der Waals surface area contributed by atoms with Gasteiger partial charge in [0.2, 0.25) is 0 Å². The molecule has 33 heavy (non-hydrogen) atoms. The molecule has 1 saturated heterocycles. The quantitative estimate of drug-likeness (QED) is 0.521. The Morgan fingerprint density at radius 1 is 1.06 bits per heavy atom. The van der Waals surface area contributed by atoms with E-state index in [2.05, 4.69) is 4.99 Å². The van der Waals surface area contributed by atoms with Crippen LogP contribution in [-0.4, -0.2) is 68.0 Å². The number of hydrogen-bond acceptors (Lipinski definition) is 9. The fourth-order valence-electron chi connectivity index (χ4n) is 3.97. The SMILES string of the molecule is COc1ccc(CN2C(SCC(=O)OCc3ccccc3)=N[C@@H]3CS(=O)(=O)C[C@H]32)cc1OC. The first kappa shape index (κ1) is 23.4. The molecule has 0 unspecified atom stereocenters. The predicted octanol–water partition coefficient (Wildman–Crippen LogP) is 2.52. The highest BCUT2D eigenvalue weighted by atomic mass is 32.2. The number of rotatable bonds is 8. The van der Waals surface area contributed by atoms with Crippen LogP contribution >= 0.6 is 11.8 Å². The number of thioether (sulfide) groups is 1. The van der Waals surface area contributed by atoms with Crippen LogP contribution in [0.25, 0.3) is 0 Å². The number of amidine groups is 1. The lowest BCUT2D eigenvalue weighted by molar-refractivity contribution is -0.141. The van der Waals surface area contributed by atoms with Gasteiger partial charge in [0.05, 0.1) is 43.6 Å². The Labute approximate surface area is 197 Å². The number of benzene rings is 2. The van der Waals surface area contributed by atoms with Gasteiger partial charge in [0.15, 0.2) is 26.5 Å². The molecular weight excluding hydrogens is 464 g/mol. The van der Waals surface area contributed by atoms with Crippen molar-refractivity contribution in [3.05, 3.63) is 59.7 Å². The first-order valence-electron chi connectivity index (χ1n) is 10.5. The molecular formula is C23H26N2O6S2. The maximum absolute atomic E-state index is 12.3. The first-order chi connectivity index (χ1) is 15.9. The molecule has 0 bridgehead atoms. The molecule has 8 nitrogen and oxygen atoms in total. The molecule has 2 aromatic rings. The van der Waals surface area contributed by atoms with E-state index in [1.165, 1.54) is 11.8 Å². The molecule has 4 rings (SSSR count). The fourth-order valence-corrected chi connectivity index (χ4v) is 6.75. The van der Waals surface area contributed by atoms with Crippen LogP contribution in [0.3, 0.4) is 0 Å². The number of hydrogen-bond donors (Lipinski definition) is 0. The monoisotopic (exact) mass is 490 g/mol. The summed E-state index contributed by atoms with van der Waals surface area (Å²) in [5.74, 6) is 1.05. The van der Waals surface area contributed by atoms with Crippen LogP contribution in [0.4, 0.5) is 0 Å². The van der Waals surface area contributed by atoms with Crippen LogP contribution in [0.5, 0.6) is 11.5 Å². The Morgan fingerprint density at radius 2 is 1.82 bits per heavy atom. The Balaban J connectivity index is 1.44. The van der Waals surface area contributed by atoms with Crippen molar-refractivity contribution in [3.63, 3.8) is 0 Å². The standard InChI is InChI=1S/C23H26N2O6S2/c1-29-20-9-8-17(10-21(20)30-2)11-25-19-15-33(27,28)14-18(19)24-23(25)32-13-22(26)31-12-16-6-4-3-5-7-16/h3-10,18-19H,11-15H2,1-2H3/t18-,19-/m1/s1. The van der Waals surface area contributed by atoms with Crippen molar-refractivity contribution < 1.29 is 27.4 Å². The zero-order chi connectivity index (χ0) is 23.4. The second-order valence-electron chi connectivity index (χ2n) is 7.88. The van der Waals surface area contributed by atoms with E-state index in [1.54, 1.807) is 14.2 Å². The van der Waals surface area contributed by atoms with E-state index in [-0.39, 0.29) is 41.9 Å². The van der Waals surface area contributed by atoms with Crippen LogP contribution in [0.15, 0.2) is 53.5 Å². The van der Waals surface area contributed by atoms with Gasteiger partial charge in [-0.3, -0.25) is 9.79 Å². The highest BCUT2D eigenvalue weighted by molar-refractivity contribution is 8.14. The molecule has 0 saturated carbocycles. The topological polar surface area (TPSA) is 94.5 Å². The number of nitrogens with zero attached hydrogens (tertiary/aromatic N) is 2. The van der Waals surface area contributed by atoms with Crippen LogP contribution in [0.2, 0.25) is 0 Å². The minimum absolute atomic E-state index is 0.0304. The van der Waals surface area contributed by atoms with E-state index in [1.807, 2.05) is 53.4 Å². The molecule has 0 radical (unpaired) electrons. The highest BCUT2D eigenvalue weighted by Gasteiger charge is 2.46. The summed E-state index contributed by atoms with van der Waals surface area (Å²) in [7, 11) is 0.00148. The lowest BCUT2D eigenvalue weighted by Gasteiger charge is -2.26. The number of fused-ring (bicyclic) bond motifs is 1. The number of carbonyl (C=O) groups is 1. The van der Waals surface area contributed by atoms with Crippen LogP contribution in [0.1, 0.15) is 11.1 Å². The normalized spacial score (nSPS) is 20.8. The number of methoxy groups -OCH3 is 2. The van der Waals surface area contributed by atoms with E-state index in [9.17, 15) is 13.2 Å². The Bertz CT molecular complexity index is 1140. The molecule has 176 valence electrons. The van der Waals surface area contributed by atoms with Gasteiger partial charge in [-0.2, -0.15) is 0 Å². The van der Waals surface area contributed by atoms with Gasteiger partial charge in [0, 0.05) is 6.54 Å². The number of esters is 1. The van der Waals surface area contributed by atoms with Crippen molar-refractivity contribution in [1.82, 2.24) is 4.90 Å².